The fourth-order valence-electron chi connectivity index (χ4n) is 3.26. The number of hydrogen-bond acceptors (Lipinski definition) is 6. The second-order valence-corrected chi connectivity index (χ2v) is 8.35. The van der Waals surface area contributed by atoms with Crippen LogP contribution in [0.25, 0.3) is 0 Å². The molecule has 1 aromatic heterocycles. The van der Waals surface area contributed by atoms with Crippen LogP contribution in [-0.2, 0) is 9.59 Å². The summed E-state index contributed by atoms with van der Waals surface area (Å²) >= 11 is 1.48. The highest BCUT2D eigenvalue weighted by atomic mass is 32.1. The van der Waals surface area contributed by atoms with Gasteiger partial charge in [-0.3, -0.25) is 14.5 Å². The van der Waals surface area contributed by atoms with Crippen LogP contribution in [0.1, 0.15) is 30.3 Å². The molecule has 0 aliphatic carbocycles. The number of carbonyl (C=O) groups is 2. The number of phenols is 1. The van der Waals surface area contributed by atoms with Crippen LogP contribution in [0.4, 0.5) is 10.8 Å². The number of rotatable bonds is 5. The van der Waals surface area contributed by atoms with E-state index in [9.17, 15) is 14.7 Å². The molecule has 1 aliphatic rings. The van der Waals surface area contributed by atoms with E-state index >= 15 is 0 Å². The molecule has 0 radical (unpaired) electrons. The summed E-state index contributed by atoms with van der Waals surface area (Å²) < 4.78 is 0. The lowest BCUT2D eigenvalue weighted by atomic mass is 9.94. The fourth-order valence-corrected chi connectivity index (χ4v) is 4.08. The van der Waals surface area contributed by atoms with Gasteiger partial charge in [-0.25, -0.2) is 4.98 Å². The molecule has 1 aliphatic heterocycles. The molecule has 2 heterocycles. The number of aryl methyl sites for hydroxylation is 2. The molecule has 1 fully saturated rings. The van der Waals surface area contributed by atoms with Gasteiger partial charge in [-0.15, -0.1) is 11.3 Å². The molecule has 0 spiro atoms. The van der Waals surface area contributed by atoms with Gasteiger partial charge in [0.05, 0.1) is 17.4 Å². The minimum atomic E-state index is -0.285. The van der Waals surface area contributed by atoms with Gasteiger partial charge in [-0.1, -0.05) is 12.1 Å². The van der Waals surface area contributed by atoms with Gasteiger partial charge in [-0.05, 0) is 58.8 Å². The number of carbonyl (C=O) groups excluding carboxylic acids is 2. The summed E-state index contributed by atoms with van der Waals surface area (Å²) in [5.41, 5.74) is 1.36. The molecule has 0 bridgehead atoms. The number of phenolic OH excluding ortho intramolecular Hbond substituents is 1. The van der Waals surface area contributed by atoms with Crippen LogP contribution in [0.2, 0.25) is 0 Å². The van der Waals surface area contributed by atoms with Crippen molar-refractivity contribution >= 4 is 34.0 Å². The Bertz CT molecular complexity index is 839. The molecular weight excluding hydrogens is 376 g/mol. The molecule has 1 saturated heterocycles. The molecular formula is C20H26N4O3S. The smallest absolute Gasteiger partial charge is 0.243 e. The highest BCUT2D eigenvalue weighted by Crippen LogP contribution is 2.26. The SMILES string of the molecule is Cc1nc(NC(=O)C(C)N2CCC(C(=O)Nc3ccccc3O)CC2)sc1C. The number of aromatic nitrogens is 1. The number of hydrogen-bond donors (Lipinski definition) is 3. The standard InChI is InChI=1S/C20H26N4O3S/c1-12-14(3)28-20(21-12)23-18(26)13(2)24-10-8-15(9-11-24)19(27)22-16-6-4-5-7-17(16)25/h4-7,13,15,25H,8-11H2,1-3H3,(H,22,27)(H,21,23,26). The molecule has 7 nitrogen and oxygen atoms in total. The van der Waals surface area contributed by atoms with Crippen molar-refractivity contribution in [3.8, 4) is 5.75 Å². The third-order valence-corrected chi connectivity index (χ3v) is 6.24. The number of nitrogens with zero attached hydrogens (tertiary/aromatic N) is 2. The van der Waals surface area contributed by atoms with E-state index in [0.29, 0.717) is 36.8 Å². The highest BCUT2D eigenvalue weighted by Gasteiger charge is 2.30. The van der Waals surface area contributed by atoms with Crippen molar-refractivity contribution in [2.45, 2.75) is 39.7 Å². The number of amides is 2. The zero-order valence-electron chi connectivity index (χ0n) is 16.4. The summed E-state index contributed by atoms with van der Waals surface area (Å²) in [6.45, 7) is 7.13. The second kappa shape index (κ2) is 8.70. The first-order chi connectivity index (χ1) is 13.3. The third kappa shape index (κ3) is 4.69. The van der Waals surface area contributed by atoms with Crippen molar-refractivity contribution in [1.82, 2.24) is 9.88 Å². The Morgan fingerprint density at radius 2 is 1.89 bits per heavy atom. The maximum Gasteiger partial charge on any atom is 0.243 e. The van der Waals surface area contributed by atoms with Crippen molar-refractivity contribution in [2.75, 3.05) is 23.7 Å². The first-order valence-electron chi connectivity index (χ1n) is 9.43. The van der Waals surface area contributed by atoms with Crippen molar-refractivity contribution < 1.29 is 14.7 Å². The van der Waals surface area contributed by atoms with E-state index in [1.165, 1.54) is 11.3 Å². The summed E-state index contributed by atoms with van der Waals surface area (Å²) in [7, 11) is 0. The van der Waals surface area contributed by atoms with Gasteiger partial charge in [-0.2, -0.15) is 0 Å². The molecule has 3 rings (SSSR count). The van der Waals surface area contributed by atoms with E-state index in [-0.39, 0.29) is 29.5 Å². The predicted octanol–water partition coefficient (Wildman–Crippen LogP) is 3.14. The molecule has 150 valence electrons. The fraction of sp³-hybridized carbons (Fsp3) is 0.450. The Hall–Kier alpha value is -2.45. The lowest BCUT2D eigenvalue weighted by Gasteiger charge is -2.34. The molecule has 1 unspecified atom stereocenters. The monoisotopic (exact) mass is 402 g/mol. The normalized spacial score (nSPS) is 16.5. The van der Waals surface area contributed by atoms with Gasteiger partial charge < -0.3 is 15.7 Å². The van der Waals surface area contributed by atoms with Crippen LogP contribution in [0.15, 0.2) is 24.3 Å². The highest BCUT2D eigenvalue weighted by molar-refractivity contribution is 7.15. The van der Waals surface area contributed by atoms with Gasteiger partial charge in [0.25, 0.3) is 0 Å². The van der Waals surface area contributed by atoms with E-state index < -0.39 is 0 Å². The second-order valence-electron chi connectivity index (χ2n) is 7.14. The first-order valence-corrected chi connectivity index (χ1v) is 10.2. The number of aromatic hydroxyl groups is 1. The number of nitrogens with one attached hydrogen (secondary N) is 2. The van der Waals surface area contributed by atoms with Crippen LogP contribution in [0.5, 0.6) is 5.75 Å². The Morgan fingerprint density at radius 3 is 2.50 bits per heavy atom. The van der Waals surface area contributed by atoms with Gasteiger partial charge in [0.15, 0.2) is 5.13 Å². The molecule has 28 heavy (non-hydrogen) atoms. The van der Waals surface area contributed by atoms with Crippen molar-refractivity contribution in [1.29, 1.82) is 0 Å². The van der Waals surface area contributed by atoms with E-state index in [0.717, 1.165) is 10.6 Å². The Labute approximate surface area is 168 Å². The summed E-state index contributed by atoms with van der Waals surface area (Å²) in [6, 6.07) is 6.42. The zero-order valence-corrected chi connectivity index (χ0v) is 17.2. The van der Waals surface area contributed by atoms with Gasteiger partial charge >= 0.3 is 0 Å². The lowest BCUT2D eigenvalue weighted by molar-refractivity contribution is -0.123. The van der Waals surface area contributed by atoms with E-state index in [1.54, 1.807) is 24.3 Å². The van der Waals surface area contributed by atoms with Gasteiger partial charge in [0, 0.05) is 10.8 Å². The minimum absolute atomic E-state index is 0.0613. The Morgan fingerprint density at radius 1 is 1.21 bits per heavy atom. The number of benzene rings is 1. The van der Waals surface area contributed by atoms with Gasteiger partial charge in [0.2, 0.25) is 11.8 Å². The average molecular weight is 403 g/mol. The van der Waals surface area contributed by atoms with Crippen LogP contribution >= 0.6 is 11.3 Å². The largest absolute Gasteiger partial charge is 0.506 e. The third-order valence-electron chi connectivity index (χ3n) is 5.25. The first kappa shape index (κ1) is 20.3. The number of para-hydroxylation sites is 2. The molecule has 3 N–H and O–H groups in total. The molecule has 2 amide bonds. The zero-order chi connectivity index (χ0) is 20.3. The van der Waals surface area contributed by atoms with Crippen LogP contribution in [0, 0.1) is 19.8 Å². The number of anilines is 2. The maximum absolute atomic E-state index is 12.5. The van der Waals surface area contributed by atoms with Crippen LogP contribution < -0.4 is 10.6 Å². The molecule has 1 atom stereocenters. The maximum atomic E-state index is 12.5. The molecule has 2 aromatic rings. The Balaban J connectivity index is 1.50. The summed E-state index contributed by atoms with van der Waals surface area (Å²) in [6.07, 6.45) is 1.35. The van der Waals surface area contributed by atoms with Crippen LogP contribution in [0.3, 0.4) is 0 Å². The van der Waals surface area contributed by atoms with Crippen LogP contribution in [-0.4, -0.2) is 45.9 Å². The number of piperidine rings is 1. The van der Waals surface area contributed by atoms with Crippen molar-refractivity contribution in [3.05, 3.63) is 34.8 Å². The van der Waals surface area contributed by atoms with Crippen molar-refractivity contribution in [3.63, 3.8) is 0 Å². The van der Waals surface area contributed by atoms with Gasteiger partial charge in [0.1, 0.15) is 5.75 Å². The number of likely N-dealkylation sites (tertiary alicyclic amines) is 1. The summed E-state index contributed by atoms with van der Waals surface area (Å²) in [5.74, 6) is -0.237. The average Bonchev–Trinajstić information content (AvgIpc) is 3.00. The van der Waals surface area contributed by atoms with E-state index in [4.69, 9.17) is 0 Å². The quantitative estimate of drug-likeness (QED) is 0.668. The minimum Gasteiger partial charge on any atom is -0.506 e. The molecule has 8 heteroatoms. The lowest BCUT2D eigenvalue weighted by Crippen LogP contribution is -2.47. The molecule has 1 aromatic carbocycles. The Kier molecular flexibility index (Phi) is 6.31. The van der Waals surface area contributed by atoms with E-state index in [2.05, 4.69) is 20.5 Å². The predicted molar refractivity (Wildman–Crippen MR) is 111 cm³/mol. The summed E-state index contributed by atoms with van der Waals surface area (Å²) in [5, 5.41) is 16.1. The summed E-state index contributed by atoms with van der Waals surface area (Å²) in [4.78, 5) is 32.6. The number of thiazole rings is 1. The topological polar surface area (TPSA) is 94.6 Å². The van der Waals surface area contributed by atoms with Crippen molar-refractivity contribution in [2.24, 2.45) is 5.92 Å². The van der Waals surface area contributed by atoms with E-state index in [1.807, 2.05) is 20.8 Å². The molecule has 0 saturated carbocycles.